The number of benzene rings is 1. The molecule has 1 saturated carbocycles. The zero-order valence-corrected chi connectivity index (χ0v) is 16.0. The van der Waals surface area contributed by atoms with Crippen molar-refractivity contribution in [1.29, 1.82) is 0 Å². The summed E-state index contributed by atoms with van der Waals surface area (Å²) >= 11 is 0. The van der Waals surface area contributed by atoms with Crippen molar-refractivity contribution < 1.29 is 9.90 Å². The fourth-order valence-corrected chi connectivity index (χ4v) is 3.77. The van der Waals surface area contributed by atoms with Gasteiger partial charge in [-0.1, -0.05) is 24.3 Å². The fraction of sp³-hybridized carbons (Fsp3) is 0.227. The Kier molecular flexibility index (Phi) is 3.91. The molecule has 1 atom stereocenters. The maximum absolute atomic E-state index is 11.5. The molecule has 0 radical (unpaired) electrons. The summed E-state index contributed by atoms with van der Waals surface area (Å²) in [5, 5.41) is 18.7. The number of aryl methyl sites for hydroxylation is 1. The van der Waals surface area contributed by atoms with E-state index in [-0.39, 0.29) is 11.8 Å². The second kappa shape index (κ2) is 6.48. The van der Waals surface area contributed by atoms with Gasteiger partial charge in [-0.3, -0.25) is 14.5 Å². The van der Waals surface area contributed by atoms with Crippen molar-refractivity contribution in [3.8, 4) is 17.0 Å². The molecule has 2 aliphatic carbocycles. The average molecular weight is 387 g/mol. The van der Waals surface area contributed by atoms with Crippen molar-refractivity contribution in [2.24, 2.45) is 17.8 Å². The summed E-state index contributed by atoms with van der Waals surface area (Å²) in [5.74, 6) is 0.744. The van der Waals surface area contributed by atoms with E-state index in [0.717, 1.165) is 11.3 Å². The highest BCUT2D eigenvalue weighted by atomic mass is 16.3. The first-order valence-corrected chi connectivity index (χ1v) is 9.62. The number of nitrogens with two attached hydrogens (primary N) is 1. The van der Waals surface area contributed by atoms with Crippen LogP contribution in [0.5, 0.6) is 5.75 Å². The third-order valence-corrected chi connectivity index (χ3v) is 5.45. The van der Waals surface area contributed by atoms with Crippen LogP contribution in [0.4, 0.5) is 0 Å². The second-order valence-corrected chi connectivity index (χ2v) is 7.60. The number of fused-ring (bicyclic) bond motifs is 1. The van der Waals surface area contributed by atoms with Crippen LogP contribution in [0.3, 0.4) is 0 Å². The molecule has 1 aromatic carbocycles. The number of aliphatic imine (C=N–C) groups is 1. The van der Waals surface area contributed by atoms with E-state index in [1.807, 2.05) is 18.2 Å². The van der Waals surface area contributed by atoms with Gasteiger partial charge < -0.3 is 16.2 Å². The van der Waals surface area contributed by atoms with Crippen molar-refractivity contribution in [2.45, 2.75) is 24.8 Å². The first-order valence-electron chi connectivity index (χ1n) is 9.62. The lowest BCUT2D eigenvalue weighted by Crippen LogP contribution is -2.30. The van der Waals surface area contributed by atoms with E-state index in [1.165, 1.54) is 18.4 Å². The van der Waals surface area contributed by atoms with E-state index in [1.54, 1.807) is 30.0 Å². The number of nitrogens with zero attached hydrogens (tertiary/aromatic N) is 3. The summed E-state index contributed by atoms with van der Waals surface area (Å²) in [6.07, 6.45) is 9.53. The Hall–Kier alpha value is -3.61. The SMILES string of the molecule is Cn1nc(-c2ccc(C3CC3)cc2)c(O)c1C1=NC2C=C(C=CC(C(N)=O)=C2)N1. The van der Waals surface area contributed by atoms with Crippen LogP contribution in [0, 0.1) is 0 Å². The van der Waals surface area contributed by atoms with Gasteiger partial charge in [-0.2, -0.15) is 5.10 Å². The molecule has 1 fully saturated rings. The highest BCUT2D eigenvalue weighted by molar-refractivity contribution is 6.04. The van der Waals surface area contributed by atoms with Gasteiger partial charge in [0.15, 0.2) is 11.6 Å². The van der Waals surface area contributed by atoms with Gasteiger partial charge in [-0.25, -0.2) is 0 Å². The third-order valence-electron chi connectivity index (χ3n) is 5.45. The Morgan fingerprint density at radius 1 is 1.21 bits per heavy atom. The van der Waals surface area contributed by atoms with E-state index >= 15 is 0 Å². The number of hydrogen-bond donors (Lipinski definition) is 3. The number of nitrogens with one attached hydrogen (secondary N) is 1. The highest BCUT2D eigenvalue weighted by Crippen LogP contribution is 2.41. The third kappa shape index (κ3) is 3.14. The lowest BCUT2D eigenvalue weighted by Gasteiger charge is -2.18. The van der Waals surface area contributed by atoms with Crippen LogP contribution in [0.15, 0.2) is 64.8 Å². The quantitative estimate of drug-likeness (QED) is 0.748. The maximum atomic E-state index is 11.5. The predicted molar refractivity (Wildman–Crippen MR) is 110 cm³/mol. The van der Waals surface area contributed by atoms with E-state index in [9.17, 15) is 9.90 Å². The van der Waals surface area contributed by atoms with Crippen molar-refractivity contribution >= 4 is 11.7 Å². The van der Waals surface area contributed by atoms with Gasteiger partial charge >= 0.3 is 0 Å². The number of amides is 1. The van der Waals surface area contributed by atoms with Crippen LogP contribution in [-0.2, 0) is 11.8 Å². The molecule has 29 heavy (non-hydrogen) atoms. The summed E-state index contributed by atoms with van der Waals surface area (Å²) in [4.78, 5) is 16.2. The minimum absolute atomic E-state index is 0.0697. The summed E-state index contributed by atoms with van der Waals surface area (Å²) in [6, 6.07) is 7.87. The number of rotatable bonds is 4. The second-order valence-electron chi connectivity index (χ2n) is 7.60. The molecule has 3 aliphatic rings. The molecule has 146 valence electrons. The molecule has 1 aromatic heterocycles. The first kappa shape index (κ1) is 17.5. The molecule has 1 amide bonds. The normalized spacial score (nSPS) is 20.3. The molecular formula is C22H21N5O2. The zero-order valence-electron chi connectivity index (χ0n) is 16.0. The Bertz CT molecular complexity index is 1130. The number of carbonyl (C=O) groups is 1. The first-order chi connectivity index (χ1) is 14.0. The van der Waals surface area contributed by atoms with E-state index in [2.05, 4.69) is 27.5 Å². The molecule has 4 N–H and O–H groups in total. The highest BCUT2D eigenvalue weighted by Gasteiger charge is 2.26. The zero-order chi connectivity index (χ0) is 20.1. The minimum atomic E-state index is -0.500. The number of aromatic nitrogens is 2. The molecular weight excluding hydrogens is 366 g/mol. The summed E-state index contributed by atoms with van der Waals surface area (Å²) in [6.45, 7) is 0. The lowest BCUT2D eigenvalue weighted by atomic mass is 10.1. The Morgan fingerprint density at radius 2 is 1.97 bits per heavy atom. The molecule has 1 aliphatic heterocycles. The van der Waals surface area contributed by atoms with Crippen molar-refractivity contribution in [2.75, 3.05) is 0 Å². The van der Waals surface area contributed by atoms with Crippen LogP contribution < -0.4 is 11.1 Å². The van der Waals surface area contributed by atoms with E-state index in [4.69, 9.17) is 5.73 Å². The minimum Gasteiger partial charge on any atom is -0.504 e. The largest absolute Gasteiger partial charge is 0.504 e. The average Bonchev–Trinajstić information content (AvgIpc) is 3.51. The van der Waals surface area contributed by atoms with Gasteiger partial charge in [-0.15, -0.1) is 0 Å². The fourth-order valence-electron chi connectivity index (χ4n) is 3.77. The van der Waals surface area contributed by atoms with Crippen molar-refractivity contribution in [1.82, 2.24) is 15.1 Å². The Morgan fingerprint density at radius 3 is 2.66 bits per heavy atom. The lowest BCUT2D eigenvalue weighted by molar-refractivity contribution is -0.114. The van der Waals surface area contributed by atoms with Gasteiger partial charge in [0.2, 0.25) is 5.91 Å². The van der Waals surface area contributed by atoms with Crippen molar-refractivity contribution in [3.05, 3.63) is 71.1 Å². The molecule has 0 saturated heterocycles. The number of primary amides is 1. The van der Waals surface area contributed by atoms with Crippen LogP contribution in [-0.4, -0.2) is 32.7 Å². The predicted octanol–water partition coefficient (Wildman–Crippen LogP) is 2.25. The maximum Gasteiger partial charge on any atom is 0.248 e. The molecule has 2 aromatic rings. The number of allylic oxidation sites excluding steroid dienone is 1. The molecule has 2 heterocycles. The number of carbonyl (C=O) groups excluding carboxylic acids is 1. The monoisotopic (exact) mass is 387 g/mol. The summed E-state index contributed by atoms with van der Waals surface area (Å²) < 4.78 is 1.62. The smallest absolute Gasteiger partial charge is 0.248 e. The van der Waals surface area contributed by atoms with Gasteiger partial charge in [0.25, 0.3) is 0 Å². The standard InChI is InChI=1S/C22H21N5O2/c1-27-19(22-24-16-9-8-15(21(23)29)10-17(11-16)25-22)20(28)18(26-27)14-6-4-13(5-7-14)12-2-3-12/h4-12,17,28H,2-3H2,1H3,(H2,23,29)(H,24,25). The Labute approximate surface area is 167 Å². The Balaban J connectivity index is 1.51. The number of aromatic hydroxyl groups is 1. The van der Waals surface area contributed by atoms with E-state index in [0.29, 0.717) is 28.7 Å². The van der Waals surface area contributed by atoms with Crippen LogP contribution >= 0.6 is 0 Å². The van der Waals surface area contributed by atoms with Gasteiger partial charge in [0.1, 0.15) is 11.4 Å². The van der Waals surface area contributed by atoms with Gasteiger partial charge in [0.05, 0.1) is 6.04 Å². The molecule has 7 heteroatoms. The number of hydrogen-bond acceptors (Lipinski definition) is 5. The van der Waals surface area contributed by atoms with Crippen LogP contribution in [0.1, 0.15) is 30.0 Å². The molecule has 7 nitrogen and oxygen atoms in total. The molecule has 1 unspecified atom stereocenters. The molecule has 5 rings (SSSR count). The molecule has 0 spiro atoms. The van der Waals surface area contributed by atoms with Crippen LogP contribution in [0.2, 0.25) is 0 Å². The molecule has 2 bridgehead atoms. The van der Waals surface area contributed by atoms with Crippen molar-refractivity contribution in [3.63, 3.8) is 0 Å². The number of amidine groups is 1. The summed E-state index contributed by atoms with van der Waals surface area (Å²) in [7, 11) is 1.77. The van der Waals surface area contributed by atoms with E-state index < -0.39 is 5.91 Å². The topological polar surface area (TPSA) is 106 Å². The van der Waals surface area contributed by atoms with Gasteiger partial charge in [-0.05, 0) is 48.6 Å². The van der Waals surface area contributed by atoms with Crippen LogP contribution in [0.25, 0.3) is 11.3 Å². The summed E-state index contributed by atoms with van der Waals surface area (Å²) in [5.41, 5.74) is 9.79. The van der Waals surface area contributed by atoms with Gasteiger partial charge in [0, 0.05) is 23.9 Å².